The van der Waals surface area contributed by atoms with Gasteiger partial charge in [-0.2, -0.15) is 0 Å². The molecule has 2 aromatic rings. The molecule has 0 saturated carbocycles. The lowest BCUT2D eigenvalue weighted by Crippen LogP contribution is -2.49. The van der Waals surface area contributed by atoms with Crippen LogP contribution in [0.1, 0.15) is 30.6 Å². The van der Waals surface area contributed by atoms with Gasteiger partial charge >= 0.3 is 0 Å². The van der Waals surface area contributed by atoms with E-state index in [1.807, 2.05) is 11.6 Å². The maximum absolute atomic E-state index is 6.14. The van der Waals surface area contributed by atoms with Gasteiger partial charge in [-0.15, -0.1) is 11.3 Å². The van der Waals surface area contributed by atoms with Gasteiger partial charge in [-0.3, -0.25) is 0 Å². The molecule has 1 aromatic heterocycles. The third kappa shape index (κ3) is 3.54. The Kier molecular flexibility index (Phi) is 4.94. The minimum absolute atomic E-state index is 0.0458. The number of nitrogens with one attached hydrogen (secondary N) is 1. The topological polar surface area (TPSA) is 43.4 Å². The molecule has 4 rings (SSSR count). The van der Waals surface area contributed by atoms with Crippen LogP contribution in [0.3, 0.4) is 0 Å². The first-order chi connectivity index (χ1) is 11.8. The van der Waals surface area contributed by atoms with E-state index in [0.717, 1.165) is 57.7 Å². The van der Waals surface area contributed by atoms with E-state index in [2.05, 4.69) is 34.6 Å². The Hall–Kier alpha value is -1.27. The molecule has 128 valence electrons. The van der Waals surface area contributed by atoms with Gasteiger partial charge in [0.25, 0.3) is 0 Å². The van der Waals surface area contributed by atoms with Crippen molar-refractivity contribution in [3.63, 3.8) is 0 Å². The Morgan fingerprint density at radius 3 is 2.83 bits per heavy atom. The van der Waals surface area contributed by atoms with E-state index in [9.17, 15) is 0 Å². The molecule has 1 N–H and O–H groups in total. The van der Waals surface area contributed by atoms with Crippen LogP contribution in [0.4, 0.5) is 0 Å². The molecule has 1 atom stereocenters. The van der Waals surface area contributed by atoms with Crippen molar-refractivity contribution in [3.8, 4) is 11.3 Å². The lowest BCUT2D eigenvalue weighted by atomic mass is 9.84. The van der Waals surface area contributed by atoms with Crippen molar-refractivity contribution < 1.29 is 9.47 Å². The number of ether oxygens (including phenoxy) is 2. The maximum atomic E-state index is 6.14. The minimum atomic E-state index is 0.0458. The second-order valence-electron chi connectivity index (χ2n) is 6.70. The quantitative estimate of drug-likeness (QED) is 0.920. The molecule has 5 heteroatoms. The fourth-order valence-electron chi connectivity index (χ4n) is 3.76. The largest absolute Gasteiger partial charge is 0.381 e. The van der Waals surface area contributed by atoms with Crippen LogP contribution in [-0.2, 0) is 16.0 Å². The molecule has 1 unspecified atom stereocenters. The normalized spacial score (nSPS) is 23.4. The Morgan fingerprint density at radius 1 is 1.17 bits per heavy atom. The van der Waals surface area contributed by atoms with Crippen molar-refractivity contribution in [2.24, 2.45) is 0 Å². The minimum Gasteiger partial charge on any atom is -0.381 e. The molecular formula is C19H24N2O2S. The molecule has 4 nitrogen and oxygen atoms in total. The van der Waals surface area contributed by atoms with Crippen molar-refractivity contribution in [2.45, 2.75) is 43.9 Å². The summed E-state index contributed by atoms with van der Waals surface area (Å²) in [6, 6.07) is 11.0. The summed E-state index contributed by atoms with van der Waals surface area (Å²) in [5, 5.41) is 3.76. The van der Waals surface area contributed by atoms with Gasteiger partial charge in [-0.1, -0.05) is 30.3 Å². The number of thiazole rings is 1. The van der Waals surface area contributed by atoms with E-state index >= 15 is 0 Å². The van der Waals surface area contributed by atoms with Crippen LogP contribution in [0.15, 0.2) is 35.8 Å². The Labute approximate surface area is 147 Å². The summed E-state index contributed by atoms with van der Waals surface area (Å²) in [5.41, 5.74) is 4.30. The first-order valence-electron chi connectivity index (χ1n) is 8.78. The molecule has 0 radical (unpaired) electrons. The number of hydrogen-bond acceptors (Lipinski definition) is 5. The van der Waals surface area contributed by atoms with E-state index in [0.29, 0.717) is 6.04 Å². The fourth-order valence-corrected chi connectivity index (χ4v) is 4.49. The van der Waals surface area contributed by atoms with Gasteiger partial charge in [-0.05, 0) is 25.7 Å². The zero-order valence-electron chi connectivity index (χ0n) is 13.9. The molecule has 3 heterocycles. The van der Waals surface area contributed by atoms with Crippen molar-refractivity contribution >= 4 is 11.3 Å². The first-order valence-corrected chi connectivity index (χ1v) is 9.66. The summed E-state index contributed by atoms with van der Waals surface area (Å²) >= 11 is 1.74. The van der Waals surface area contributed by atoms with E-state index < -0.39 is 0 Å². The molecule has 1 spiro atoms. The molecule has 2 aliphatic heterocycles. The van der Waals surface area contributed by atoms with E-state index in [-0.39, 0.29) is 5.60 Å². The Balaban J connectivity index is 1.40. The van der Waals surface area contributed by atoms with Gasteiger partial charge in [0, 0.05) is 42.8 Å². The molecule has 0 amide bonds. The summed E-state index contributed by atoms with van der Waals surface area (Å²) in [5.74, 6) is 0. The Bertz CT molecular complexity index is 647. The average molecular weight is 344 g/mol. The van der Waals surface area contributed by atoms with Gasteiger partial charge in [-0.25, -0.2) is 4.98 Å². The van der Waals surface area contributed by atoms with E-state index in [4.69, 9.17) is 9.47 Å². The van der Waals surface area contributed by atoms with Crippen LogP contribution in [0.2, 0.25) is 0 Å². The number of rotatable bonds is 4. The van der Waals surface area contributed by atoms with Gasteiger partial charge in [0.15, 0.2) is 0 Å². The van der Waals surface area contributed by atoms with Crippen LogP contribution in [-0.4, -0.2) is 36.4 Å². The SMILES string of the molecule is c1ccc(-c2ncsc2CNC2CCOC3(CCOCC3)C2)cc1. The fraction of sp³-hybridized carbons (Fsp3) is 0.526. The van der Waals surface area contributed by atoms with Crippen LogP contribution in [0.25, 0.3) is 11.3 Å². The van der Waals surface area contributed by atoms with E-state index in [1.165, 1.54) is 10.4 Å². The molecule has 2 aliphatic rings. The molecule has 0 aliphatic carbocycles. The smallest absolute Gasteiger partial charge is 0.0856 e. The molecule has 1 aromatic carbocycles. The molecule has 0 bridgehead atoms. The lowest BCUT2D eigenvalue weighted by molar-refractivity contribution is -0.140. The summed E-state index contributed by atoms with van der Waals surface area (Å²) < 4.78 is 11.6. The third-order valence-electron chi connectivity index (χ3n) is 5.14. The highest BCUT2D eigenvalue weighted by Gasteiger charge is 2.38. The standard InChI is InChI=1S/C19H24N2O2S/c1-2-4-15(5-3-1)18-17(24-14-21-18)13-20-16-6-9-23-19(12-16)7-10-22-11-8-19/h1-5,14,16,20H,6-13H2. The highest BCUT2D eigenvalue weighted by atomic mass is 32.1. The van der Waals surface area contributed by atoms with Crippen molar-refractivity contribution in [2.75, 3.05) is 19.8 Å². The van der Waals surface area contributed by atoms with Gasteiger partial charge in [0.05, 0.1) is 16.8 Å². The zero-order valence-corrected chi connectivity index (χ0v) is 14.7. The van der Waals surface area contributed by atoms with Crippen molar-refractivity contribution in [3.05, 3.63) is 40.7 Å². The third-order valence-corrected chi connectivity index (χ3v) is 5.97. The number of benzene rings is 1. The number of nitrogens with zero attached hydrogens (tertiary/aromatic N) is 1. The monoisotopic (exact) mass is 344 g/mol. The zero-order chi connectivity index (χ0) is 16.2. The number of hydrogen-bond donors (Lipinski definition) is 1. The average Bonchev–Trinajstić information content (AvgIpc) is 3.10. The Morgan fingerprint density at radius 2 is 2.00 bits per heavy atom. The van der Waals surface area contributed by atoms with Crippen molar-refractivity contribution in [1.82, 2.24) is 10.3 Å². The molecule has 24 heavy (non-hydrogen) atoms. The lowest BCUT2D eigenvalue weighted by Gasteiger charge is -2.43. The molecule has 2 saturated heterocycles. The highest BCUT2D eigenvalue weighted by molar-refractivity contribution is 7.10. The highest BCUT2D eigenvalue weighted by Crippen LogP contribution is 2.34. The van der Waals surface area contributed by atoms with Crippen molar-refractivity contribution in [1.29, 1.82) is 0 Å². The van der Waals surface area contributed by atoms with Gasteiger partial charge < -0.3 is 14.8 Å². The van der Waals surface area contributed by atoms with Gasteiger partial charge in [0.2, 0.25) is 0 Å². The molecular weight excluding hydrogens is 320 g/mol. The summed E-state index contributed by atoms with van der Waals surface area (Å²) in [6.07, 6.45) is 4.24. The van der Waals surface area contributed by atoms with Crippen LogP contribution < -0.4 is 5.32 Å². The summed E-state index contributed by atoms with van der Waals surface area (Å²) in [7, 11) is 0. The predicted molar refractivity (Wildman–Crippen MR) is 96.1 cm³/mol. The summed E-state index contributed by atoms with van der Waals surface area (Å²) in [6.45, 7) is 3.40. The van der Waals surface area contributed by atoms with Crippen LogP contribution in [0, 0.1) is 0 Å². The second-order valence-corrected chi connectivity index (χ2v) is 7.64. The van der Waals surface area contributed by atoms with E-state index in [1.54, 1.807) is 11.3 Å². The van der Waals surface area contributed by atoms with Crippen LogP contribution >= 0.6 is 11.3 Å². The summed E-state index contributed by atoms with van der Waals surface area (Å²) in [4.78, 5) is 5.88. The predicted octanol–water partition coefficient (Wildman–Crippen LogP) is 3.63. The van der Waals surface area contributed by atoms with Gasteiger partial charge in [0.1, 0.15) is 0 Å². The van der Waals surface area contributed by atoms with Crippen LogP contribution in [0.5, 0.6) is 0 Å². The second kappa shape index (κ2) is 7.31. The number of aromatic nitrogens is 1. The maximum Gasteiger partial charge on any atom is 0.0856 e. The first kappa shape index (κ1) is 16.2. The molecule has 2 fully saturated rings.